The smallest absolute Gasteiger partial charge is 0.199 e. The van der Waals surface area contributed by atoms with Crippen molar-refractivity contribution in [2.24, 2.45) is 0 Å². The summed E-state index contributed by atoms with van der Waals surface area (Å²) in [4.78, 5) is 1.44. The van der Waals surface area contributed by atoms with Crippen LogP contribution in [0.3, 0.4) is 0 Å². The molecule has 1 atom stereocenters. The van der Waals surface area contributed by atoms with E-state index < -0.39 is 6.29 Å². The van der Waals surface area contributed by atoms with Gasteiger partial charge in [-0.2, -0.15) is 0 Å². The van der Waals surface area contributed by atoms with Crippen molar-refractivity contribution < 1.29 is 19.3 Å². The maximum atomic E-state index is 11.2. The molecule has 0 saturated heterocycles. The van der Waals surface area contributed by atoms with E-state index in [1.54, 1.807) is 13.2 Å². The molecule has 4 aromatic rings. The number of hydrogen-bond acceptors (Lipinski definition) is 6. The zero-order valence-corrected chi connectivity index (χ0v) is 21.5. The topological polar surface area (TPSA) is 78.6 Å². The highest BCUT2D eigenvalue weighted by Crippen LogP contribution is 2.39. The number of ether oxygens (including phenoxy) is 3. The molecule has 4 rings (SSSR count). The second kappa shape index (κ2) is 10.4. The van der Waals surface area contributed by atoms with E-state index in [1.807, 2.05) is 82.3 Å². The van der Waals surface area contributed by atoms with Crippen molar-refractivity contribution in [3.63, 3.8) is 0 Å². The highest BCUT2D eigenvalue weighted by Gasteiger charge is 2.25. The minimum absolute atomic E-state index is 0.110. The van der Waals surface area contributed by atoms with Crippen molar-refractivity contribution in [1.82, 2.24) is 15.0 Å². The van der Waals surface area contributed by atoms with Gasteiger partial charge in [0, 0.05) is 24.1 Å². The molecule has 7 heteroatoms. The maximum absolute atomic E-state index is 11.2. The van der Waals surface area contributed by atoms with Gasteiger partial charge >= 0.3 is 0 Å². The first-order valence-electron chi connectivity index (χ1n) is 12.0. The van der Waals surface area contributed by atoms with Gasteiger partial charge in [-0.05, 0) is 34.7 Å². The van der Waals surface area contributed by atoms with Gasteiger partial charge in [0.1, 0.15) is 34.0 Å². The monoisotopic (exact) mass is 487 g/mol. The summed E-state index contributed by atoms with van der Waals surface area (Å²) in [6.07, 6.45) is 1.99. The molecule has 3 aromatic carbocycles. The average molecular weight is 488 g/mol. The zero-order valence-electron chi connectivity index (χ0n) is 21.5. The molecule has 0 saturated carbocycles. The number of nitrogens with zero attached hydrogens (tertiary/aromatic N) is 3. The minimum Gasteiger partial charge on any atom is -0.505 e. The van der Waals surface area contributed by atoms with E-state index in [2.05, 4.69) is 16.8 Å². The zero-order chi connectivity index (χ0) is 25.9. The summed E-state index contributed by atoms with van der Waals surface area (Å²) in [5.41, 5.74) is 4.28. The van der Waals surface area contributed by atoms with Gasteiger partial charge in [-0.3, -0.25) is 0 Å². The number of benzene rings is 3. The summed E-state index contributed by atoms with van der Waals surface area (Å²) in [5.74, 6) is 1.37. The number of rotatable bonds is 9. The van der Waals surface area contributed by atoms with Gasteiger partial charge in [-0.15, -0.1) is 15.0 Å². The normalized spacial score (nSPS) is 12.5. The Morgan fingerprint density at radius 3 is 2.36 bits per heavy atom. The molecule has 1 N–H and O–H groups in total. The van der Waals surface area contributed by atoms with Gasteiger partial charge in [-0.25, -0.2) is 0 Å². The highest BCUT2D eigenvalue weighted by atomic mass is 16.7. The summed E-state index contributed by atoms with van der Waals surface area (Å²) < 4.78 is 17.6. The van der Waals surface area contributed by atoms with E-state index in [0.717, 1.165) is 16.7 Å². The van der Waals surface area contributed by atoms with Crippen LogP contribution in [0.5, 0.6) is 17.2 Å². The van der Waals surface area contributed by atoms with Gasteiger partial charge in [0.05, 0.1) is 13.7 Å². The summed E-state index contributed by atoms with van der Waals surface area (Å²) in [5, 5.41) is 20.3. The maximum Gasteiger partial charge on any atom is 0.199 e. The fourth-order valence-corrected chi connectivity index (χ4v) is 3.84. The number of aromatic nitrogens is 3. The van der Waals surface area contributed by atoms with Crippen LogP contribution < -0.4 is 9.47 Å². The van der Waals surface area contributed by atoms with Gasteiger partial charge in [0.25, 0.3) is 0 Å². The van der Waals surface area contributed by atoms with Crippen molar-refractivity contribution in [2.45, 2.75) is 52.4 Å². The molecule has 1 unspecified atom stereocenters. The van der Waals surface area contributed by atoms with Crippen molar-refractivity contribution in [3.8, 4) is 22.9 Å². The average Bonchev–Trinajstić information content (AvgIpc) is 3.30. The molecule has 0 fully saturated rings. The Hall–Kier alpha value is -3.84. The van der Waals surface area contributed by atoms with Gasteiger partial charge in [-0.1, -0.05) is 64.6 Å². The predicted molar refractivity (Wildman–Crippen MR) is 142 cm³/mol. The molecule has 0 radical (unpaired) electrons. The second-order valence-electron chi connectivity index (χ2n) is 9.65. The number of hydrogen-bond donors (Lipinski definition) is 1. The molecular formula is C29H33N3O4. The third-order valence-corrected chi connectivity index (χ3v) is 5.93. The first kappa shape index (κ1) is 25.3. The van der Waals surface area contributed by atoms with Gasteiger partial charge in [0.2, 0.25) is 0 Å². The summed E-state index contributed by atoms with van der Waals surface area (Å²) in [7, 11) is 1.61. The largest absolute Gasteiger partial charge is 0.505 e. The minimum atomic E-state index is -0.469. The van der Waals surface area contributed by atoms with Crippen LogP contribution in [-0.2, 0) is 16.8 Å². The van der Waals surface area contributed by atoms with E-state index >= 15 is 0 Å². The summed E-state index contributed by atoms with van der Waals surface area (Å²) >= 11 is 0. The van der Waals surface area contributed by atoms with Crippen molar-refractivity contribution >= 4 is 17.1 Å². The first-order valence-corrected chi connectivity index (χ1v) is 12.0. The molecule has 1 aromatic heterocycles. The number of methoxy groups -OCH3 is 1. The number of fused-ring (bicyclic) bond motifs is 1. The fourth-order valence-electron chi connectivity index (χ4n) is 3.84. The van der Waals surface area contributed by atoms with Crippen LogP contribution in [0.2, 0.25) is 0 Å². The molecule has 188 valence electrons. The third kappa shape index (κ3) is 5.52. The van der Waals surface area contributed by atoms with Gasteiger partial charge < -0.3 is 19.3 Å². The first-order chi connectivity index (χ1) is 17.2. The molecule has 1 heterocycles. The molecule has 0 spiro atoms. The van der Waals surface area contributed by atoms with Crippen molar-refractivity contribution in [2.75, 3.05) is 7.11 Å². The van der Waals surface area contributed by atoms with E-state index in [-0.39, 0.29) is 11.2 Å². The standard InChI is InChI=1S/C29H33N3O4/c1-7-19-9-11-20(12-10-19)18-35-27(8-2)36-22-15-23(29(3,4)5)28(33)26(17-22)32-30-24-14-13-21(34-6)16-25(24)31-32/h7,9-17,27,33H,1,8,18H2,2-6H3. The molecule has 0 aliphatic carbocycles. The Kier molecular flexibility index (Phi) is 7.31. The lowest BCUT2D eigenvalue weighted by molar-refractivity contribution is -0.0906. The lowest BCUT2D eigenvalue weighted by Gasteiger charge is -2.24. The molecule has 0 bridgehead atoms. The predicted octanol–water partition coefficient (Wildman–Crippen LogP) is 6.41. The van der Waals surface area contributed by atoms with E-state index in [9.17, 15) is 5.11 Å². The number of aromatic hydroxyl groups is 1. The van der Waals surface area contributed by atoms with Crippen molar-refractivity contribution in [3.05, 3.63) is 77.9 Å². The Morgan fingerprint density at radius 1 is 1.00 bits per heavy atom. The molecule has 0 amide bonds. The number of phenolic OH excluding ortho intramolecular Hbond substituents is 1. The summed E-state index contributed by atoms with van der Waals surface area (Å²) in [6.45, 7) is 12.3. The van der Waals surface area contributed by atoms with Crippen LogP contribution in [0.4, 0.5) is 0 Å². The van der Waals surface area contributed by atoms with Crippen LogP contribution in [0.15, 0.2) is 61.2 Å². The highest BCUT2D eigenvalue weighted by molar-refractivity contribution is 5.76. The second-order valence-corrected chi connectivity index (χ2v) is 9.65. The number of phenols is 1. The van der Waals surface area contributed by atoms with Gasteiger partial charge in [0.15, 0.2) is 6.29 Å². The Balaban J connectivity index is 1.64. The molecule has 36 heavy (non-hydrogen) atoms. The van der Waals surface area contributed by atoms with E-state index in [4.69, 9.17) is 14.2 Å². The Bertz CT molecular complexity index is 1350. The SMILES string of the molecule is C=Cc1ccc(COC(CC)Oc2cc(-n3nc4ccc(OC)cc4n3)c(O)c(C(C)(C)C)c2)cc1. The molecule has 7 nitrogen and oxygen atoms in total. The quantitative estimate of drug-likeness (QED) is 0.275. The van der Waals surface area contributed by atoms with Crippen molar-refractivity contribution in [1.29, 1.82) is 0 Å². The molecular weight excluding hydrogens is 454 g/mol. The molecule has 0 aliphatic rings. The van der Waals surface area contributed by atoms with E-state index in [0.29, 0.717) is 41.2 Å². The van der Waals surface area contributed by atoms with Crippen LogP contribution in [0.1, 0.15) is 50.8 Å². The van der Waals surface area contributed by atoms with Crippen LogP contribution in [-0.4, -0.2) is 33.5 Å². The van der Waals surface area contributed by atoms with Crippen LogP contribution in [0.25, 0.3) is 22.8 Å². The Labute approximate surface area is 211 Å². The Morgan fingerprint density at radius 2 is 1.72 bits per heavy atom. The van der Waals surface area contributed by atoms with Crippen LogP contribution in [0, 0.1) is 0 Å². The molecule has 0 aliphatic heterocycles. The third-order valence-electron chi connectivity index (χ3n) is 5.93. The summed E-state index contributed by atoms with van der Waals surface area (Å²) in [6, 6.07) is 17.1. The van der Waals surface area contributed by atoms with E-state index in [1.165, 1.54) is 4.80 Å². The van der Waals surface area contributed by atoms with Crippen LogP contribution >= 0.6 is 0 Å². The fraction of sp³-hybridized carbons (Fsp3) is 0.310. The lowest BCUT2D eigenvalue weighted by atomic mass is 9.86. The lowest BCUT2D eigenvalue weighted by Crippen LogP contribution is -2.20.